The van der Waals surface area contributed by atoms with Crippen LogP contribution in [0.1, 0.15) is 38.5 Å². The topological polar surface area (TPSA) is 0 Å². The zero-order chi connectivity index (χ0) is 11.7. The quantitative estimate of drug-likeness (QED) is 0.465. The highest BCUT2D eigenvalue weighted by Crippen LogP contribution is 2.72. The van der Waals surface area contributed by atoms with Gasteiger partial charge < -0.3 is 0 Å². The lowest BCUT2D eigenvalue weighted by molar-refractivity contribution is -0.0520. The molecule has 4 heteroatoms. The lowest BCUT2D eigenvalue weighted by Crippen LogP contribution is -2.63. The third-order valence-electron chi connectivity index (χ3n) is 4.72. The van der Waals surface area contributed by atoms with E-state index in [0.29, 0.717) is 19.5 Å². The first-order chi connectivity index (χ1) is 7.36. The maximum Gasteiger partial charge on any atom is 0.0282 e. The average molecular weight is 480 g/mol. The summed E-state index contributed by atoms with van der Waals surface area (Å²) in [5.74, 6) is 0. The van der Waals surface area contributed by atoms with E-state index >= 15 is 0 Å². The van der Waals surface area contributed by atoms with Crippen molar-refractivity contribution in [2.24, 2.45) is 10.8 Å². The molecule has 0 heterocycles. The van der Waals surface area contributed by atoms with Crippen LogP contribution >= 0.6 is 63.7 Å². The fourth-order valence-electron chi connectivity index (χ4n) is 5.09. The Kier molecular flexibility index (Phi) is 3.01. The van der Waals surface area contributed by atoms with Crippen LogP contribution in [0.25, 0.3) is 0 Å². The van der Waals surface area contributed by atoms with Gasteiger partial charge in [0.25, 0.3) is 0 Å². The van der Waals surface area contributed by atoms with Crippen molar-refractivity contribution >= 4 is 63.7 Å². The van der Waals surface area contributed by atoms with E-state index in [2.05, 4.69) is 63.7 Å². The summed E-state index contributed by atoms with van der Waals surface area (Å²) < 4.78 is 0.791. The molecule has 0 spiro atoms. The van der Waals surface area contributed by atoms with Crippen molar-refractivity contribution in [3.63, 3.8) is 0 Å². The van der Waals surface area contributed by atoms with Crippen LogP contribution in [0.3, 0.4) is 0 Å². The summed E-state index contributed by atoms with van der Waals surface area (Å²) in [6.07, 6.45) is 8.13. The van der Waals surface area contributed by atoms with Gasteiger partial charge in [-0.1, -0.05) is 63.7 Å². The van der Waals surface area contributed by atoms with Crippen LogP contribution in [-0.4, -0.2) is 19.3 Å². The highest BCUT2D eigenvalue weighted by Gasteiger charge is 2.66. The van der Waals surface area contributed by atoms with Gasteiger partial charge in [-0.3, -0.25) is 0 Å². The van der Waals surface area contributed by atoms with Gasteiger partial charge in [0.1, 0.15) is 0 Å². The summed E-state index contributed by atoms with van der Waals surface area (Å²) in [4.78, 5) is 0. The Morgan fingerprint density at radius 2 is 1.00 bits per heavy atom. The molecular formula is C12H16Br4. The number of hydrogen-bond donors (Lipinski definition) is 0. The zero-order valence-electron chi connectivity index (χ0n) is 9.17. The monoisotopic (exact) mass is 476 g/mol. The normalized spacial score (nSPS) is 59.2. The van der Waals surface area contributed by atoms with E-state index in [-0.39, 0.29) is 0 Å². The Hall–Kier alpha value is 1.92. The van der Waals surface area contributed by atoms with E-state index < -0.39 is 0 Å². The molecule has 0 nitrogen and oxygen atoms in total. The first-order valence-corrected chi connectivity index (χ1v) is 9.69. The molecule has 0 radical (unpaired) electrons. The smallest absolute Gasteiger partial charge is 0.0282 e. The van der Waals surface area contributed by atoms with Gasteiger partial charge in [0.15, 0.2) is 0 Å². The van der Waals surface area contributed by atoms with Gasteiger partial charge in [0, 0.05) is 19.3 Å². The standard InChI is InChI=1S/C12H16Br4/c13-7-9-1-10(8-14)4-11(15,2-9)6-12(16,3-9)5-10/h1-8H2. The molecule has 0 saturated heterocycles. The predicted molar refractivity (Wildman–Crippen MR) is 83.5 cm³/mol. The van der Waals surface area contributed by atoms with Crippen LogP contribution in [0, 0.1) is 10.8 Å². The maximum absolute atomic E-state index is 4.07. The third-order valence-corrected chi connectivity index (χ3v) is 8.78. The fraction of sp³-hybridized carbons (Fsp3) is 1.00. The van der Waals surface area contributed by atoms with Crippen molar-refractivity contribution in [3.8, 4) is 0 Å². The Morgan fingerprint density at radius 1 is 0.625 bits per heavy atom. The molecule has 0 aromatic rings. The molecule has 0 unspecified atom stereocenters. The molecule has 4 bridgehead atoms. The second-order valence-electron chi connectivity index (χ2n) is 6.63. The number of hydrogen-bond acceptors (Lipinski definition) is 0. The van der Waals surface area contributed by atoms with Crippen molar-refractivity contribution in [2.45, 2.75) is 47.2 Å². The van der Waals surface area contributed by atoms with Gasteiger partial charge in [-0.2, -0.15) is 0 Å². The summed E-state index contributed by atoms with van der Waals surface area (Å²) in [5, 5.41) is 2.32. The van der Waals surface area contributed by atoms with E-state index in [1.54, 1.807) is 0 Å². The molecule has 0 atom stereocenters. The summed E-state index contributed by atoms with van der Waals surface area (Å²) in [5.41, 5.74) is 1.05. The molecule has 4 rings (SSSR count). The van der Waals surface area contributed by atoms with Gasteiger partial charge >= 0.3 is 0 Å². The maximum atomic E-state index is 4.07. The largest absolute Gasteiger partial charge is 0.0922 e. The molecular weight excluding hydrogens is 464 g/mol. The Labute approximate surface area is 131 Å². The molecule has 0 aromatic carbocycles. The molecule has 0 aliphatic heterocycles. The molecule has 92 valence electrons. The van der Waals surface area contributed by atoms with Gasteiger partial charge in [-0.25, -0.2) is 0 Å². The number of halogens is 4. The van der Waals surface area contributed by atoms with Gasteiger partial charge in [-0.05, 0) is 49.4 Å². The molecule has 4 aliphatic carbocycles. The third kappa shape index (κ3) is 1.84. The van der Waals surface area contributed by atoms with Crippen LogP contribution in [0.15, 0.2) is 0 Å². The van der Waals surface area contributed by atoms with Gasteiger partial charge in [0.2, 0.25) is 0 Å². The summed E-state index contributed by atoms with van der Waals surface area (Å²) in [6.45, 7) is 0. The van der Waals surface area contributed by atoms with Crippen LogP contribution in [-0.2, 0) is 0 Å². The summed E-state index contributed by atoms with van der Waals surface area (Å²) in [7, 11) is 0. The van der Waals surface area contributed by atoms with Crippen LogP contribution in [0.2, 0.25) is 0 Å². The number of alkyl halides is 4. The van der Waals surface area contributed by atoms with E-state index in [1.165, 1.54) is 38.5 Å². The molecule has 0 N–H and O–H groups in total. The highest BCUT2D eigenvalue weighted by molar-refractivity contribution is 9.10. The lowest BCUT2D eigenvalue weighted by Gasteiger charge is -2.67. The van der Waals surface area contributed by atoms with Crippen molar-refractivity contribution in [3.05, 3.63) is 0 Å². The first kappa shape index (κ1) is 12.9. The Balaban J connectivity index is 2.06. The fourth-order valence-corrected chi connectivity index (χ4v) is 10.1. The van der Waals surface area contributed by atoms with Gasteiger partial charge in [-0.15, -0.1) is 0 Å². The van der Waals surface area contributed by atoms with Crippen molar-refractivity contribution in [1.82, 2.24) is 0 Å². The Bertz CT molecular complexity index is 283. The molecule has 4 fully saturated rings. The summed E-state index contributed by atoms with van der Waals surface area (Å²) >= 11 is 15.7. The van der Waals surface area contributed by atoms with E-state index in [4.69, 9.17) is 0 Å². The Morgan fingerprint density at radius 3 is 1.31 bits per heavy atom. The molecule has 16 heavy (non-hydrogen) atoms. The molecule has 0 amide bonds. The van der Waals surface area contributed by atoms with Gasteiger partial charge in [0.05, 0.1) is 0 Å². The van der Waals surface area contributed by atoms with Crippen LogP contribution in [0.4, 0.5) is 0 Å². The minimum atomic E-state index is 0.396. The average Bonchev–Trinajstić information content (AvgIpc) is 2.12. The minimum absolute atomic E-state index is 0.396. The molecule has 4 saturated carbocycles. The van der Waals surface area contributed by atoms with Crippen molar-refractivity contribution < 1.29 is 0 Å². The van der Waals surface area contributed by atoms with E-state index in [9.17, 15) is 0 Å². The van der Waals surface area contributed by atoms with Crippen molar-refractivity contribution in [1.29, 1.82) is 0 Å². The minimum Gasteiger partial charge on any atom is -0.0922 e. The SMILES string of the molecule is BrCC12CC3(Br)CC(Br)(C1)CC(CBr)(C3)C2. The van der Waals surface area contributed by atoms with E-state index in [1.807, 2.05) is 0 Å². The van der Waals surface area contributed by atoms with Crippen molar-refractivity contribution in [2.75, 3.05) is 10.7 Å². The molecule has 4 aliphatic rings. The van der Waals surface area contributed by atoms with Crippen LogP contribution in [0.5, 0.6) is 0 Å². The first-order valence-electron chi connectivity index (χ1n) is 5.86. The van der Waals surface area contributed by atoms with E-state index in [0.717, 1.165) is 10.7 Å². The second kappa shape index (κ2) is 3.73. The zero-order valence-corrected chi connectivity index (χ0v) is 15.5. The van der Waals surface area contributed by atoms with Crippen LogP contribution < -0.4 is 0 Å². The summed E-state index contributed by atoms with van der Waals surface area (Å²) in [6, 6.07) is 0. The second-order valence-corrected chi connectivity index (χ2v) is 11.1. The highest BCUT2D eigenvalue weighted by atomic mass is 79.9. The predicted octanol–water partition coefficient (Wildman–Crippen LogP) is 5.40. The number of rotatable bonds is 2. The lowest BCUT2D eigenvalue weighted by atomic mass is 9.45. The molecule has 0 aromatic heterocycles.